The average Bonchev–Trinajstić information content (AvgIpc) is 3.27. The van der Waals surface area contributed by atoms with Gasteiger partial charge < -0.3 is 20.7 Å². The molecule has 1 aliphatic heterocycles. The highest BCUT2D eigenvalue weighted by Gasteiger charge is 2.56. The van der Waals surface area contributed by atoms with E-state index in [0.717, 1.165) is 6.42 Å². The number of fused-ring (bicyclic) bond motifs is 2. The van der Waals surface area contributed by atoms with Crippen molar-refractivity contribution < 1.29 is 23.5 Å². The van der Waals surface area contributed by atoms with Gasteiger partial charge in [-0.25, -0.2) is 9.18 Å². The van der Waals surface area contributed by atoms with Crippen molar-refractivity contribution in [3.63, 3.8) is 0 Å². The minimum atomic E-state index is -0.999. The zero-order valence-electron chi connectivity index (χ0n) is 18.2. The Morgan fingerprint density at radius 1 is 1.28 bits per heavy atom. The number of carbonyl (C=O) groups is 3. The number of para-hydroxylation sites is 1. The van der Waals surface area contributed by atoms with Gasteiger partial charge >= 0.3 is 6.09 Å². The van der Waals surface area contributed by atoms with Crippen molar-refractivity contribution in [2.24, 2.45) is 11.7 Å². The number of halogens is 1. The number of primary amides is 1. The molecule has 9 nitrogen and oxygen atoms in total. The highest BCUT2D eigenvalue weighted by atomic mass is 19.1. The van der Waals surface area contributed by atoms with Crippen molar-refractivity contribution >= 4 is 28.8 Å². The number of hydrogen-bond donors (Lipinski definition) is 2. The topological polar surface area (TPSA) is 120 Å². The summed E-state index contributed by atoms with van der Waals surface area (Å²) >= 11 is 0. The van der Waals surface area contributed by atoms with Gasteiger partial charge in [-0.3, -0.25) is 14.3 Å². The van der Waals surface area contributed by atoms with Crippen LogP contribution < -0.4 is 15.8 Å². The number of nitrogens with zero attached hydrogens (tertiary/aromatic N) is 3. The number of hydrogen-bond acceptors (Lipinski definition) is 5. The molecular formula is C22H26FN5O4. The average molecular weight is 443 g/mol. The van der Waals surface area contributed by atoms with Crippen LogP contribution in [0.5, 0.6) is 5.88 Å². The number of allylic oxidation sites excluding steroid dienone is 1. The largest absolute Gasteiger partial charge is 0.411 e. The molecule has 1 aromatic heterocycles. The Kier molecular flexibility index (Phi) is 5.62. The summed E-state index contributed by atoms with van der Waals surface area (Å²) in [5.74, 6) is -0.723. The lowest BCUT2D eigenvalue weighted by atomic mass is 10.1. The number of piperidine rings is 1. The first-order valence-corrected chi connectivity index (χ1v) is 10.5. The predicted molar refractivity (Wildman–Crippen MR) is 114 cm³/mol. The summed E-state index contributed by atoms with van der Waals surface area (Å²) in [7, 11) is 0. The maximum atomic E-state index is 14.2. The summed E-state index contributed by atoms with van der Waals surface area (Å²) in [4.78, 5) is 38.9. The van der Waals surface area contributed by atoms with E-state index >= 15 is 0 Å². The molecule has 1 saturated carbocycles. The fourth-order valence-electron chi connectivity index (χ4n) is 4.45. The van der Waals surface area contributed by atoms with Gasteiger partial charge in [0, 0.05) is 6.04 Å². The van der Waals surface area contributed by atoms with E-state index in [-0.39, 0.29) is 42.0 Å². The molecule has 10 heteroatoms. The number of nitrogens with two attached hydrogens (primary N) is 1. The Morgan fingerprint density at radius 2 is 2.00 bits per heavy atom. The minimum Gasteiger partial charge on any atom is -0.389 e. The number of amides is 3. The molecule has 4 rings (SSSR count). The molecular weight excluding hydrogens is 417 g/mol. The summed E-state index contributed by atoms with van der Waals surface area (Å²) in [5.41, 5.74) is 6.22. The van der Waals surface area contributed by atoms with Crippen molar-refractivity contribution in [3.05, 3.63) is 35.7 Å². The van der Waals surface area contributed by atoms with Gasteiger partial charge in [0.25, 0.3) is 5.88 Å². The third kappa shape index (κ3) is 4.04. The highest BCUT2D eigenvalue weighted by Crippen LogP contribution is 2.48. The second-order valence-electron chi connectivity index (χ2n) is 8.59. The number of rotatable bonds is 6. The number of likely N-dealkylation sites (tertiary alicyclic amines) is 1. The van der Waals surface area contributed by atoms with Gasteiger partial charge in [-0.1, -0.05) is 12.1 Å². The zero-order valence-corrected chi connectivity index (χ0v) is 18.2. The number of benzene rings is 1. The smallest absolute Gasteiger partial charge is 0.389 e. The maximum Gasteiger partial charge on any atom is 0.411 e. The van der Waals surface area contributed by atoms with Crippen LogP contribution in [0.25, 0.3) is 10.9 Å². The second kappa shape index (κ2) is 8.25. The van der Waals surface area contributed by atoms with Crippen LogP contribution >= 0.6 is 0 Å². The first-order chi connectivity index (χ1) is 15.2. The lowest BCUT2D eigenvalue weighted by molar-refractivity contribution is -0.140. The van der Waals surface area contributed by atoms with E-state index in [0.29, 0.717) is 22.9 Å². The van der Waals surface area contributed by atoms with Crippen LogP contribution in [0.4, 0.5) is 9.18 Å². The molecule has 2 fully saturated rings. The molecule has 0 bridgehead atoms. The van der Waals surface area contributed by atoms with E-state index in [1.807, 2.05) is 0 Å². The lowest BCUT2D eigenvalue weighted by Crippen LogP contribution is -2.50. The van der Waals surface area contributed by atoms with E-state index < -0.39 is 18.2 Å². The van der Waals surface area contributed by atoms with Crippen molar-refractivity contribution in [2.75, 3.05) is 0 Å². The van der Waals surface area contributed by atoms with Gasteiger partial charge in [0.15, 0.2) is 0 Å². The number of ether oxygens (including phenoxy) is 1. The van der Waals surface area contributed by atoms with Crippen LogP contribution in [0.3, 0.4) is 0 Å². The van der Waals surface area contributed by atoms with Gasteiger partial charge in [-0.05, 0) is 57.2 Å². The Balaban J connectivity index is 1.53. The predicted octanol–water partition coefficient (Wildman–Crippen LogP) is 2.25. The van der Waals surface area contributed by atoms with Gasteiger partial charge in [0.05, 0.1) is 16.9 Å². The number of carbonyl (C=O) groups excluding carboxylic acids is 3. The van der Waals surface area contributed by atoms with Crippen molar-refractivity contribution in [1.82, 2.24) is 20.0 Å². The Morgan fingerprint density at radius 3 is 2.69 bits per heavy atom. The van der Waals surface area contributed by atoms with Gasteiger partial charge in [0.1, 0.15) is 18.4 Å². The fourth-order valence-corrected chi connectivity index (χ4v) is 4.45. The first-order valence-electron chi connectivity index (χ1n) is 10.5. The molecule has 2 heterocycles. The first kappa shape index (κ1) is 21.8. The van der Waals surface area contributed by atoms with Crippen LogP contribution in [0.2, 0.25) is 0 Å². The van der Waals surface area contributed by atoms with E-state index in [2.05, 4.69) is 10.4 Å². The molecule has 1 unspecified atom stereocenters. The molecule has 2 aliphatic rings. The summed E-state index contributed by atoms with van der Waals surface area (Å²) < 4.78 is 20.6. The number of nitrogens with one attached hydrogen (secondary N) is 1. The zero-order chi connectivity index (χ0) is 23.2. The van der Waals surface area contributed by atoms with Crippen LogP contribution in [-0.4, -0.2) is 50.7 Å². The molecule has 170 valence electrons. The van der Waals surface area contributed by atoms with Gasteiger partial charge in [-0.2, -0.15) is 0 Å². The molecule has 0 spiro atoms. The van der Waals surface area contributed by atoms with Crippen molar-refractivity contribution in [3.8, 4) is 5.88 Å². The standard InChI is InChI=1S/C22H26FN5O4/c1-11(2)19(23)12(3)25-20(30)17-9-13-8-16(13)28(17)18(29)10-27-15-7-5-4-6-14(15)21(26-27)32-22(24)31/h4-7,12-13,16-17H,8-10H2,1-3H3,(H2,24,31)(H,25,30)/t12?,13-,16-,17+/m1/s1. The molecule has 4 atom stereocenters. The normalized spacial score (nSPS) is 22.2. The summed E-state index contributed by atoms with van der Waals surface area (Å²) in [5, 5.41) is 7.47. The lowest BCUT2D eigenvalue weighted by Gasteiger charge is -2.28. The molecule has 32 heavy (non-hydrogen) atoms. The highest BCUT2D eigenvalue weighted by molar-refractivity contribution is 5.91. The van der Waals surface area contributed by atoms with Crippen molar-refractivity contribution in [2.45, 2.75) is 58.3 Å². The Hall–Kier alpha value is -3.43. The van der Waals surface area contributed by atoms with Crippen LogP contribution in [0.15, 0.2) is 35.7 Å². The SMILES string of the molecule is CC(C)=C(F)C(C)NC(=O)[C@@H]1C[C@H]2C[C@H]2N1C(=O)Cn1nc(OC(N)=O)c2ccccc21. The molecule has 1 aliphatic carbocycles. The van der Waals surface area contributed by atoms with Crippen LogP contribution in [0, 0.1) is 5.92 Å². The molecule has 1 saturated heterocycles. The van der Waals surface area contributed by atoms with E-state index in [1.165, 1.54) is 4.68 Å². The van der Waals surface area contributed by atoms with E-state index in [9.17, 15) is 18.8 Å². The summed E-state index contributed by atoms with van der Waals surface area (Å²) in [6.07, 6.45) is 0.409. The second-order valence-corrected chi connectivity index (χ2v) is 8.59. The summed E-state index contributed by atoms with van der Waals surface area (Å²) in [6, 6.07) is 5.59. The third-order valence-corrected chi connectivity index (χ3v) is 6.02. The van der Waals surface area contributed by atoms with Gasteiger partial charge in [-0.15, -0.1) is 5.10 Å². The Bertz CT molecular complexity index is 1120. The molecule has 0 radical (unpaired) electrons. The van der Waals surface area contributed by atoms with E-state index in [4.69, 9.17) is 10.5 Å². The minimum absolute atomic E-state index is 0.00465. The summed E-state index contributed by atoms with van der Waals surface area (Å²) in [6.45, 7) is 4.73. The molecule has 2 aromatic rings. The van der Waals surface area contributed by atoms with Crippen molar-refractivity contribution in [1.29, 1.82) is 0 Å². The molecule has 3 amide bonds. The quantitative estimate of drug-likeness (QED) is 0.710. The fraction of sp³-hybridized carbons (Fsp3) is 0.455. The maximum absolute atomic E-state index is 14.2. The Labute approximate surface area is 184 Å². The molecule has 3 N–H and O–H groups in total. The monoisotopic (exact) mass is 443 g/mol. The third-order valence-electron chi connectivity index (χ3n) is 6.02. The van der Waals surface area contributed by atoms with Crippen LogP contribution in [0.1, 0.15) is 33.6 Å². The number of aromatic nitrogens is 2. The van der Waals surface area contributed by atoms with Crippen LogP contribution in [-0.2, 0) is 16.1 Å². The van der Waals surface area contributed by atoms with E-state index in [1.54, 1.807) is 49.9 Å². The molecule has 1 aromatic carbocycles. The van der Waals surface area contributed by atoms with Gasteiger partial charge in [0.2, 0.25) is 11.8 Å².